The van der Waals surface area contributed by atoms with Crippen molar-refractivity contribution < 1.29 is 22.6 Å². The lowest BCUT2D eigenvalue weighted by Gasteiger charge is -2.06. The SMILES string of the molecule is NS(=O)(=O)c1c(COc2ccccc2)sc2c1OCO2. The Morgan fingerprint density at radius 2 is 2.00 bits per heavy atom. The summed E-state index contributed by atoms with van der Waals surface area (Å²) in [7, 11) is -3.89. The minimum atomic E-state index is -3.89. The van der Waals surface area contributed by atoms with Gasteiger partial charge in [0.25, 0.3) is 0 Å². The van der Waals surface area contributed by atoms with E-state index in [1.807, 2.05) is 18.2 Å². The second kappa shape index (κ2) is 4.97. The van der Waals surface area contributed by atoms with Crippen LogP contribution in [0.3, 0.4) is 0 Å². The summed E-state index contributed by atoms with van der Waals surface area (Å²) in [4.78, 5) is 0.409. The lowest BCUT2D eigenvalue weighted by Crippen LogP contribution is -2.15. The Hall–Kier alpha value is -1.77. The van der Waals surface area contributed by atoms with Crippen LogP contribution in [0.25, 0.3) is 0 Å². The summed E-state index contributed by atoms with van der Waals surface area (Å²) in [6.07, 6.45) is 0. The second-order valence-corrected chi connectivity index (χ2v) is 6.59. The van der Waals surface area contributed by atoms with Gasteiger partial charge >= 0.3 is 0 Å². The molecule has 106 valence electrons. The van der Waals surface area contributed by atoms with Crippen LogP contribution in [0.5, 0.6) is 16.6 Å². The zero-order valence-electron chi connectivity index (χ0n) is 10.2. The van der Waals surface area contributed by atoms with Crippen molar-refractivity contribution >= 4 is 21.4 Å². The molecule has 1 aliphatic heterocycles. The fourth-order valence-electron chi connectivity index (χ4n) is 1.83. The van der Waals surface area contributed by atoms with E-state index in [0.29, 0.717) is 15.7 Å². The average Bonchev–Trinajstić information content (AvgIpc) is 2.95. The number of ether oxygens (including phenoxy) is 3. The minimum absolute atomic E-state index is 0.00348. The van der Waals surface area contributed by atoms with Crippen molar-refractivity contribution in [3.8, 4) is 16.6 Å². The predicted molar refractivity (Wildman–Crippen MR) is 72.6 cm³/mol. The number of thiophene rings is 1. The van der Waals surface area contributed by atoms with Gasteiger partial charge in [-0.3, -0.25) is 0 Å². The molecule has 0 bridgehead atoms. The standard InChI is InChI=1S/C12H11NO5S2/c13-20(14,15)11-9(19-12-10(11)17-7-18-12)6-16-8-4-2-1-3-5-8/h1-5H,6-7H2,(H2,13,14,15). The highest BCUT2D eigenvalue weighted by atomic mass is 32.2. The molecule has 20 heavy (non-hydrogen) atoms. The Morgan fingerprint density at radius 1 is 1.25 bits per heavy atom. The van der Waals surface area contributed by atoms with Gasteiger partial charge in [0.15, 0.2) is 5.75 Å². The van der Waals surface area contributed by atoms with E-state index in [1.54, 1.807) is 12.1 Å². The quantitative estimate of drug-likeness (QED) is 0.928. The maximum Gasteiger partial charge on any atom is 0.243 e. The van der Waals surface area contributed by atoms with E-state index in [2.05, 4.69) is 0 Å². The predicted octanol–water partition coefficient (Wildman–Crippen LogP) is 1.70. The van der Waals surface area contributed by atoms with E-state index in [9.17, 15) is 8.42 Å². The third-order valence-electron chi connectivity index (χ3n) is 2.65. The molecule has 0 saturated heterocycles. The molecule has 0 unspecified atom stereocenters. The van der Waals surface area contributed by atoms with Crippen LogP contribution in [-0.4, -0.2) is 15.2 Å². The van der Waals surface area contributed by atoms with E-state index in [4.69, 9.17) is 19.3 Å². The molecule has 0 spiro atoms. The first-order valence-corrected chi connectivity index (χ1v) is 8.04. The monoisotopic (exact) mass is 313 g/mol. The first kappa shape index (κ1) is 13.2. The average molecular weight is 313 g/mol. The number of benzene rings is 1. The summed E-state index contributed by atoms with van der Waals surface area (Å²) in [6, 6.07) is 9.09. The normalized spacial score (nSPS) is 13.4. The van der Waals surface area contributed by atoms with E-state index in [1.165, 1.54) is 0 Å². The maximum atomic E-state index is 11.7. The molecule has 1 aromatic heterocycles. The third-order valence-corrected chi connectivity index (χ3v) is 4.84. The van der Waals surface area contributed by atoms with Crippen molar-refractivity contribution in [2.75, 3.05) is 6.79 Å². The van der Waals surface area contributed by atoms with Gasteiger partial charge in [-0.25, -0.2) is 13.6 Å². The third kappa shape index (κ3) is 2.45. The van der Waals surface area contributed by atoms with Crippen LogP contribution in [0.15, 0.2) is 35.2 Å². The summed E-state index contributed by atoms with van der Waals surface area (Å²) in [5.74, 6) is 0.826. The van der Waals surface area contributed by atoms with E-state index < -0.39 is 10.0 Å². The van der Waals surface area contributed by atoms with Crippen LogP contribution in [-0.2, 0) is 16.6 Å². The molecule has 2 aromatic rings. The number of nitrogens with two attached hydrogens (primary N) is 1. The van der Waals surface area contributed by atoms with Crippen LogP contribution in [0, 0.1) is 0 Å². The Bertz CT molecular complexity index is 724. The largest absolute Gasteiger partial charge is 0.488 e. The highest BCUT2D eigenvalue weighted by Gasteiger charge is 2.32. The first-order chi connectivity index (χ1) is 9.55. The number of fused-ring (bicyclic) bond motifs is 1. The van der Waals surface area contributed by atoms with Gasteiger partial charge < -0.3 is 14.2 Å². The van der Waals surface area contributed by atoms with E-state index >= 15 is 0 Å². The number of primary sulfonamides is 1. The van der Waals surface area contributed by atoms with Crippen molar-refractivity contribution in [1.29, 1.82) is 0 Å². The van der Waals surface area contributed by atoms with Crippen molar-refractivity contribution in [2.24, 2.45) is 5.14 Å². The zero-order chi connectivity index (χ0) is 14.2. The van der Waals surface area contributed by atoms with Gasteiger partial charge in [-0.15, -0.1) is 0 Å². The fourth-order valence-corrected chi connectivity index (χ4v) is 4.05. The number of hydrogen-bond donors (Lipinski definition) is 1. The van der Waals surface area contributed by atoms with Gasteiger partial charge in [0.1, 0.15) is 17.3 Å². The van der Waals surface area contributed by atoms with Crippen LogP contribution in [0.2, 0.25) is 0 Å². The van der Waals surface area contributed by atoms with Gasteiger partial charge in [-0.1, -0.05) is 29.5 Å². The van der Waals surface area contributed by atoms with Crippen molar-refractivity contribution in [3.63, 3.8) is 0 Å². The van der Waals surface area contributed by atoms with Crippen LogP contribution in [0.1, 0.15) is 4.88 Å². The molecule has 1 aliphatic rings. The number of para-hydroxylation sites is 1. The van der Waals surface area contributed by atoms with Crippen molar-refractivity contribution in [3.05, 3.63) is 35.2 Å². The summed E-state index contributed by atoms with van der Waals surface area (Å²) >= 11 is 1.16. The van der Waals surface area contributed by atoms with E-state index in [0.717, 1.165) is 11.3 Å². The molecule has 8 heteroatoms. The van der Waals surface area contributed by atoms with Gasteiger partial charge in [0.05, 0.1) is 4.88 Å². The van der Waals surface area contributed by atoms with Gasteiger partial charge in [0, 0.05) is 0 Å². The Kier molecular flexibility index (Phi) is 3.28. The second-order valence-electron chi connectivity index (χ2n) is 4.02. The van der Waals surface area contributed by atoms with Crippen LogP contribution in [0.4, 0.5) is 0 Å². The maximum absolute atomic E-state index is 11.7. The Labute approximate surface area is 119 Å². The molecule has 6 nitrogen and oxygen atoms in total. The van der Waals surface area contributed by atoms with Gasteiger partial charge in [-0.05, 0) is 12.1 Å². The molecule has 0 saturated carbocycles. The number of sulfonamides is 1. The lowest BCUT2D eigenvalue weighted by molar-refractivity contribution is 0.173. The lowest BCUT2D eigenvalue weighted by atomic mass is 10.3. The van der Waals surface area contributed by atoms with Crippen LogP contribution >= 0.6 is 11.3 Å². The molecule has 0 fully saturated rings. The molecule has 2 heterocycles. The van der Waals surface area contributed by atoms with Crippen molar-refractivity contribution in [2.45, 2.75) is 11.5 Å². The highest BCUT2D eigenvalue weighted by molar-refractivity contribution is 7.89. The summed E-state index contributed by atoms with van der Waals surface area (Å²) < 4.78 is 39.3. The molecular weight excluding hydrogens is 302 g/mol. The molecule has 0 amide bonds. The summed E-state index contributed by atoms with van der Waals surface area (Å²) in [6.45, 7) is 0.0870. The van der Waals surface area contributed by atoms with E-state index in [-0.39, 0.29) is 24.0 Å². The number of hydrogen-bond acceptors (Lipinski definition) is 6. The molecule has 0 atom stereocenters. The van der Waals surface area contributed by atoms with Gasteiger partial charge in [0.2, 0.25) is 21.9 Å². The van der Waals surface area contributed by atoms with Gasteiger partial charge in [-0.2, -0.15) is 0 Å². The Morgan fingerprint density at radius 3 is 2.70 bits per heavy atom. The molecule has 0 aliphatic carbocycles. The highest BCUT2D eigenvalue weighted by Crippen LogP contribution is 2.47. The van der Waals surface area contributed by atoms with Crippen LogP contribution < -0.4 is 19.3 Å². The number of rotatable bonds is 4. The van der Waals surface area contributed by atoms with Crippen molar-refractivity contribution in [1.82, 2.24) is 0 Å². The topological polar surface area (TPSA) is 87.9 Å². The zero-order valence-corrected chi connectivity index (χ0v) is 11.9. The summed E-state index contributed by atoms with van der Waals surface area (Å²) in [5.41, 5.74) is 0. The summed E-state index contributed by atoms with van der Waals surface area (Å²) in [5, 5.41) is 5.65. The minimum Gasteiger partial charge on any atom is -0.488 e. The molecule has 1 aromatic carbocycles. The smallest absolute Gasteiger partial charge is 0.243 e. The Balaban J connectivity index is 1.91. The first-order valence-electron chi connectivity index (χ1n) is 5.67. The molecule has 0 radical (unpaired) electrons. The molecule has 2 N–H and O–H groups in total. The molecule has 3 rings (SSSR count). The fraction of sp³-hybridized carbons (Fsp3) is 0.167. The molecular formula is C12H11NO5S2.